The van der Waals surface area contributed by atoms with Crippen LogP contribution in [-0.4, -0.2) is 11.7 Å². The maximum absolute atomic E-state index is 8.63. The third-order valence-electron chi connectivity index (χ3n) is 2.22. The minimum absolute atomic E-state index is 0.198. The highest BCUT2D eigenvalue weighted by molar-refractivity contribution is 5.61. The molecule has 0 aliphatic rings. The molecule has 1 aromatic rings. The van der Waals surface area contributed by atoms with Gasteiger partial charge in [-0.1, -0.05) is 12.2 Å². The van der Waals surface area contributed by atoms with Gasteiger partial charge in [0.2, 0.25) is 0 Å². The molecule has 0 saturated carbocycles. The van der Waals surface area contributed by atoms with E-state index in [4.69, 9.17) is 10.8 Å². The molecule has 0 radical (unpaired) electrons. The van der Waals surface area contributed by atoms with E-state index in [9.17, 15) is 0 Å². The van der Waals surface area contributed by atoms with E-state index in [2.05, 4.69) is 12.1 Å². The molecule has 0 bridgehead atoms. The summed E-state index contributed by atoms with van der Waals surface area (Å²) in [5.74, 6) is 0. The van der Waals surface area contributed by atoms with Gasteiger partial charge in [0.1, 0.15) is 0 Å². The minimum atomic E-state index is 0.198. The predicted molar refractivity (Wildman–Crippen MR) is 61.1 cm³/mol. The van der Waals surface area contributed by atoms with Crippen LogP contribution in [0.1, 0.15) is 23.1 Å². The largest absolute Gasteiger partial charge is 0.398 e. The second-order valence-electron chi connectivity index (χ2n) is 3.48. The van der Waals surface area contributed by atoms with Crippen LogP contribution in [0.4, 0.5) is 5.69 Å². The predicted octanol–water partition coefficient (Wildman–Crippen LogP) is 2.28. The quantitative estimate of drug-likeness (QED) is 0.720. The first-order valence-electron chi connectivity index (χ1n) is 4.79. The first kappa shape index (κ1) is 10.8. The highest BCUT2D eigenvalue weighted by Gasteiger charge is 1.98. The summed E-state index contributed by atoms with van der Waals surface area (Å²) in [7, 11) is 0. The van der Waals surface area contributed by atoms with Crippen molar-refractivity contribution >= 4 is 11.8 Å². The van der Waals surface area contributed by atoms with Crippen molar-refractivity contribution in [2.24, 2.45) is 0 Å². The molecular weight excluding hydrogens is 174 g/mol. The molecule has 0 spiro atoms. The lowest BCUT2D eigenvalue weighted by atomic mass is 10.0. The maximum atomic E-state index is 8.63. The molecule has 0 saturated heterocycles. The molecule has 0 atom stereocenters. The van der Waals surface area contributed by atoms with Gasteiger partial charge >= 0.3 is 0 Å². The number of rotatable bonds is 3. The number of aliphatic hydroxyl groups excluding tert-OH is 1. The number of benzene rings is 1. The first-order valence-corrected chi connectivity index (χ1v) is 4.79. The van der Waals surface area contributed by atoms with Crippen LogP contribution >= 0.6 is 0 Å². The van der Waals surface area contributed by atoms with Gasteiger partial charge in [-0.25, -0.2) is 0 Å². The first-order chi connectivity index (χ1) is 6.65. The summed E-state index contributed by atoms with van der Waals surface area (Å²) >= 11 is 0. The Morgan fingerprint density at radius 2 is 1.86 bits per heavy atom. The van der Waals surface area contributed by atoms with Crippen molar-refractivity contribution in [1.82, 2.24) is 0 Å². The molecule has 0 unspecified atom stereocenters. The van der Waals surface area contributed by atoms with Gasteiger partial charge in [0.25, 0.3) is 0 Å². The van der Waals surface area contributed by atoms with Crippen molar-refractivity contribution in [2.75, 3.05) is 12.3 Å². The molecule has 1 aromatic carbocycles. The van der Waals surface area contributed by atoms with E-state index < -0.39 is 0 Å². The summed E-state index contributed by atoms with van der Waals surface area (Å²) in [6.45, 7) is 4.21. The maximum Gasteiger partial charge on any atom is 0.0465 e. The third kappa shape index (κ3) is 2.60. The van der Waals surface area contributed by atoms with Gasteiger partial charge in [-0.15, -0.1) is 0 Å². The average Bonchev–Trinajstić information content (AvgIpc) is 2.14. The molecule has 0 fully saturated rings. The van der Waals surface area contributed by atoms with Gasteiger partial charge in [-0.05, 0) is 49.1 Å². The fraction of sp³-hybridized carbons (Fsp3) is 0.333. The van der Waals surface area contributed by atoms with E-state index in [0.29, 0.717) is 6.42 Å². The van der Waals surface area contributed by atoms with Gasteiger partial charge in [0, 0.05) is 12.3 Å². The van der Waals surface area contributed by atoms with Crippen molar-refractivity contribution in [2.45, 2.75) is 20.3 Å². The standard InChI is InChI=1S/C12H17NO/c1-9-7-11(5-3-4-6-14)8-10(2)12(9)13/h3,5,7-8,14H,4,6,13H2,1-2H3. The van der Waals surface area contributed by atoms with Gasteiger partial charge < -0.3 is 10.8 Å². The summed E-state index contributed by atoms with van der Waals surface area (Å²) in [6, 6.07) is 4.10. The zero-order chi connectivity index (χ0) is 10.6. The lowest BCUT2D eigenvalue weighted by Crippen LogP contribution is -1.93. The van der Waals surface area contributed by atoms with Crippen molar-refractivity contribution in [1.29, 1.82) is 0 Å². The summed E-state index contributed by atoms with van der Waals surface area (Å²) in [6.07, 6.45) is 4.67. The second kappa shape index (κ2) is 4.82. The molecule has 1 rings (SSSR count). The highest BCUT2D eigenvalue weighted by Crippen LogP contribution is 2.19. The van der Waals surface area contributed by atoms with Gasteiger partial charge in [0.05, 0.1) is 0 Å². The Hall–Kier alpha value is -1.28. The Kier molecular flexibility index (Phi) is 3.72. The van der Waals surface area contributed by atoms with Crippen LogP contribution in [0.3, 0.4) is 0 Å². The molecule has 0 aliphatic carbocycles. The van der Waals surface area contributed by atoms with Crippen LogP contribution in [0.5, 0.6) is 0 Å². The fourth-order valence-corrected chi connectivity index (χ4v) is 1.40. The fourth-order valence-electron chi connectivity index (χ4n) is 1.40. The number of hydrogen-bond donors (Lipinski definition) is 2. The summed E-state index contributed by atoms with van der Waals surface area (Å²) < 4.78 is 0. The van der Waals surface area contributed by atoms with Crippen LogP contribution in [0.15, 0.2) is 18.2 Å². The minimum Gasteiger partial charge on any atom is -0.398 e. The Morgan fingerprint density at radius 1 is 1.29 bits per heavy atom. The van der Waals surface area contributed by atoms with Crippen LogP contribution in [0.25, 0.3) is 6.08 Å². The normalized spacial score (nSPS) is 11.1. The van der Waals surface area contributed by atoms with E-state index in [1.54, 1.807) is 0 Å². The van der Waals surface area contributed by atoms with Gasteiger partial charge in [-0.2, -0.15) is 0 Å². The van der Waals surface area contributed by atoms with E-state index in [1.165, 1.54) is 0 Å². The van der Waals surface area contributed by atoms with E-state index in [-0.39, 0.29) is 6.61 Å². The number of aliphatic hydroxyl groups is 1. The van der Waals surface area contributed by atoms with Crippen LogP contribution in [-0.2, 0) is 0 Å². The molecule has 76 valence electrons. The van der Waals surface area contributed by atoms with E-state index in [1.807, 2.05) is 26.0 Å². The highest BCUT2D eigenvalue weighted by atomic mass is 16.2. The molecule has 0 aromatic heterocycles. The Labute approximate surface area is 85.1 Å². The smallest absolute Gasteiger partial charge is 0.0465 e. The number of hydrogen-bond acceptors (Lipinski definition) is 2. The van der Waals surface area contributed by atoms with E-state index >= 15 is 0 Å². The molecule has 2 heteroatoms. The van der Waals surface area contributed by atoms with Crippen molar-refractivity contribution in [3.63, 3.8) is 0 Å². The third-order valence-corrected chi connectivity index (χ3v) is 2.22. The molecule has 3 N–H and O–H groups in total. The summed E-state index contributed by atoms with van der Waals surface area (Å²) in [5.41, 5.74) is 10.1. The number of nitrogens with two attached hydrogens (primary N) is 1. The molecule has 2 nitrogen and oxygen atoms in total. The van der Waals surface area contributed by atoms with Crippen molar-refractivity contribution in [3.8, 4) is 0 Å². The molecule has 0 amide bonds. The molecular formula is C12H17NO. The lowest BCUT2D eigenvalue weighted by Gasteiger charge is -2.05. The molecule has 0 aliphatic heterocycles. The number of anilines is 1. The number of nitrogen functional groups attached to an aromatic ring is 1. The monoisotopic (exact) mass is 191 g/mol. The topological polar surface area (TPSA) is 46.2 Å². The number of aryl methyl sites for hydroxylation is 2. The van der Waals surface area contributed by atoms with Crippen molar-refractivity contribution in [3.05, 3.63) is 34.9 Å². The SMILES string of the molecule is Cc1cc(C=CCCO)cc(C)c1N. The Bertz CT molecular complexity index is 319. The van der Waals surface area contributed by atoms with Gasteiger partial charge in [0.15, 0.2) is 0 Å². The second-order valence-corrected chi connectivity index (χ2v) is 3.48. The molecule has 14 heavy (non-hydrogen) atoms. The van der Waals surface area contributed by atoms with Crippen LogP contribution in [0.2, 0.25) is 0 Å². The summed E-state index contributed by atoms with van der Waals surface area (Å²) in [4.78, 5) is 0. The van der Waals surface area contributed by atoms with Crippen LogP contribution in [0, 0.1) is 13.8 Å². The zero-order valence-electron chi connectivity index (χ0n) is 8.75. The van der Waals surface area contributed by atoms with E-state index in [0.717, 1.165) is 22.4 Å². The Balaban J connectivity index is 2.89. The van der Waals surface area contributed by atoms with Crippen molar-refractivity contribution < 1.29 is 5.11 Å². The lowest BCUT2D eigenvalue weighted by molar-refractivity contribution is 0.303. The average molecular weight is 191 g/mol. The summed E-state index contributed by atoms with van der Waals surface area (Å²) in [5, 5.41) is 8.63. The van der Waals surface area contributed by atoms with Crippen LogP contribution < -0.4 is 5.73 Å². The van der Waals surface area contributed by atoms with Gasteiger partial charge in [-0.3, -0.25) is 0 Å². The zero-order valence-corrected chi connectivity index (χ0v) is 8.75. The Morgan fingerprint density at radius 3 is 2.36 bits per heavy atom. The molecule has 0 heterocycles.